The van der Waals surface area contributed by atoms with E-state index in [1.807, 2.05) is 48.9 Å². The van der Waals surface area contributed by atoms with Crippen LogP contribution in [0.2, 0.25) is 0 Å². The van der Waals surface area contributed by atoms with Gasteiger partial charge in [-0.3, -0.25) is 9.80 Å². The van der Waals surface area contributed by atoms with Crippen LogP contribution in [0.1, 0.15) is 29.7 Å². The van der Waals surface area contributed by atoms with E-state index in [1.165, 1.54) is 0 Å². The molecule has 1 aromatic carbocycles. The summed E-state index contributed by atoms with van der Waals surface area (Å²) in [6.07, 6.45) is 0.700. The topological polar surface area (TPSA) is 57.4 Å². The first-order valence-corrected chi connectivity index (χ1v) is 8.55. The number of likely N-dealkylation sites (tertiary alicyclic amines) is 1. The van der Waals surface area contributed by atoms with Gasteiger partial charge in [0, 0.05) is 26.2 Å². The lowest BCUT2D eigenvalue weighted by molar-refractivity contribution is 0.120. The largest absolute Gasteiger partial charge is 0.387 e. The Hall–Kier alpha value is -1.76. The third kappa shape index (κ3) is 3.83. The van der Waals surface area contributed by atoms with E-state index < -0.39 is 6.10 Å². The summed E-state index contributed by atoms with van der Waals surface area (Å²) in [5.74, 6) is 1.94. The molecule has 6 heteroatoms. The van der Waals surface area contributed by atoms with E-state index in [-0.39, 0.29) is 0 Å². The smallest absolute Gasteiger partial charge is 0.146 e. The zero-order chi connectivity index (χ0) is 17.1. The zero-order valence-corrected chi connectivity index (χ0v) is 14.8. The lowest BCUT2D eigenvalue weighted by atomic mass is 10.1. The molecule has 1 aromatic heterocycles. The Labute approximate surface area is 143 Å². The molecule has 0 saturated carbocycles. The van der Waals surface area contributed by atoms with Crippen molar-refractivity contribution >= 4 is 0 Å². The molecule has 0 spiro atoms. The van der Waals surface area contributed by atoms with Crippen LogP contribution in [0.4, 0.5) is 0 Å². The van der Waals surface area contributed by atoms with Crippen molar-refractivity contribution in [2.75, 3.05) is 26.7 Å². The maximum Gasteiger partial charge on any atom is 0.146 e. The molecule has 3 rings (SSSR count). The van der Waals surface area contributed by atoms with E-state index in [2.05, 4.69) is 27.0 Å². The number of β-amino-alcohol motifs (C(OH)–C–C–N with tert-alkyl or cyclic N) is 1. The molecule has 1 saturated heterocycles. The van der Waals surface area contributed by atoms with Gasteiger partial charge in [-0.15, -0.1) is 10.2 Å². The van der Waals surface area contributed by atoms with Crippen LogP contribution in [-0.4, -0.2) is 62.4 Å². The number of aryl methyl sites for hydroxylation is 1. The van der Waals surface area contributed by atoms with Gasteiger partial charge in [0.15, 0.2) is 0 Å². The molecule has 1 N–H and O–H groups in total. The summed E-state index contributed by atoms with van der Waals surface area (Å²) >= 11 is 0. The van der Waals surface area contributed by atoms with Gasteiger partial charge in [0.25, 0.3) is 0 Å². The molecule has 6 nitrogen and oxygen atoms in total. The van der Waals surface area contributed by atoms with Crippen LogP contribution >= 0.6 is 0 Å². The van der Waals surface area contributed by atoms with Crippen molar-refractivity contribution in [1.82, 2.24) is 24.6 Å². The normalized spacial score (nSPS) is 20.0. The predicted molar refractivity (Wildman–Crippen MR) is 93.5 cm³/mol. The summed E-state index contributed by atoms with van der Waals surface area (Å²) in [6.45, 7) is 5.47. The molecule has 0 unspecified atom stereocenters. The van der Waals surface area contributed by atoms with Crippen molar-refractivity contribution in [1.29, 1.82) is 0 Å². The fourth-order valence-corrected chi connectivity index (χ4v) is 3.30. The molecule has 0 amide bonds. The summed E-state index contributed by atoms with van der Waals surface area (Å²) in [7, 11) is 4.15. The maximum atomic E-state index is 10.4. The lowest BCUT2D eigenvalue weighted by Gasteiger charge is -2.25. The second-order valence-electron chi connectivity index (χ2n) is 6.77. The first kappa shape index (κ1) is 17.1. The van der Waals surface area contributed by atoms with Crippen molar-refractivity contribution < 1.29 is 5.11 Å². The molecular weight excluding hydrogens is 302 g/mol. The molecule has 2 atom stereocenters. The van der Waals surface area contributed by atoms with Crippen LogP contribution in [0.15, 0.2) is 30.3 Å². The van der Waals surface area contributed by atoms with Crippen LogP contribution in [-0.2, 0) is 13.6 Å². The van der Waals surface area contributed by atoms with Crippen LogP contribution in [0.25, 0.3) is 0 Å². The molecule has 1 aliphatic rings. The minimum atomic E-state index is -0.420. The fourth-order valence-electron chi connectivity index (χ4n) is 3.30. The molecule has 0 radical (unpaired) electrons. The van der Waals surface area contributed by atoms with Crippen LogP contribution < -0.4 is 0 Å². The standard InChI is InChI=1S/C18H27N5O/c1-14-19-20-18(22(14)3)13-21(2)16-9-10-23(11-16)12-17(24)15-7-5-4-6-8-15/h4-8,16-17,24H,9-13H2,1-3H3/t16-,17+/m0/s1. The first-order chi connectivity index (χ1) is 11.5. The zero-order valence-electron chi connectivity index (χ0n) is 14.8. The minimum Gasteiger partial charge on any atom is -0.387 e. The van der Waals surface area contributed by atoms with Gasteiger partial charge in [-0.2, -0.15) is 0 Å². The minimum absolute atomic E-state index is 0.420. The second-order valence-corrected chi connectivity index (χ2v) is 6.77. The highest BCUT2D eigenvalue weighted by Gasteiger charge is 2.28. The van der Waals surface area contributed by atoms with Gasteiger partial charge in [-0.25, -0.2) is 0 Å². The molecule has 0 bridgehead atoms. The number of likely N-dealkylation sites (N-methyl/N-ethyl adjacent to an activating group) is 1. The summed E-state index contributed by atoms with van der Waals surface area (Å²) < 4.78 is 2.04. The third-order valence-corrected chi connectivity index (χ3v) is 5.06. The third-order valence-electron chi connectivity index (χ3n) is 5.06. The van der Waals surface area contributed by atoms with Gasteiger partial charge in [0.1, 0.15) is 11.6 Å². The summed E-state index contributed by atoms with van der Waals surface area (Å²) in [4.78, 5) is 4.69. The maximum absolute atomic E-state index is 10.4. The quantitative estimate of drug-likeness (QED) is 0.867. The van der Waals surface area contributed by atoms with E-state index in [4.69, 9.17) is 0 Å². The highest BCUT2D eigenvalue weighted by Crippen LogP contribution is 2.20. The van der Waals surface area contributed by atoms with E-state index in [0.717, 1.165) is 43.3 Å². The Balaban J connectivity index is 1.52. The number of rotatable bonds is 6. The summed E-state index contributed by atoms with van der Waals surface area (Å²) in [5, 5.41) is 18.8. The fraction of sp³-hybridized carbons (Fsp3) is 0.556. The number of hydrogen-bond acceptors (Lipinski definition) is 5. The molecule has 130 valence electrons. The Bertz CT molecular complexity index is 657. The van der Waals surface area contributed by atoms with Gasteiger partial charge in [-0.1, -0.05) is 30.3 Å². The van der Waals surface area contributed by atoms with Gasteiger partial charge in [-0.05, 0) is 32.5 Å². The number of aromatic nitrogens is 3. The predicted octanol–water partition coefficient (Wildman–Crippen LogP) is 1.36. The molecular formula is C18H27N5O. The van der Waals surface area contributed by atoms with Crippen molar-refractivity contribution in [3.05, 3.63) is 47.5 Å². The van der Waals surface area contributed by atoms with Crippen LogP contribution in [0.3, 0.4) is 0 Å². The summed E-state index contributed by atoms with van der Waals surface area (Å²) in [6, 6.07) is 10.4. The Morgan fingerprint density at radius 2 is 2.04 bits per heavy atom. The second kappa shape index (κ2) is 7.42. The van der Waals surface area contributed by atoms with Crippen molar-refractivity contribution in [3.63, 3.8) is 0 Å². The number of aliphatic hydroxyl groups is 1. The average molecular weight is 329 g/mol. The van der Waals surface area contributed by atoms with E-state index in [0.29, 0.717) is 12.6 Å². The molecule has 2 aromatic rings. The Kier molecular flexibility index (Phi) is 5.28. The highest BCUT2D eigenvalue weighted by molar-refractivity contribution is 5.17. The average Bonchev–Trinajstić information content (AvgIpc) is 3.18. The number of benzene rings is 1. The van der Waals surface area contributed by atoms with Crippen molar-refractivity contribution in [3.8, 4) is 0 Å². The van der Waals surface area contributed by atoms with Gasteiger partial charge >= 0.3 is 0 Å². The van der Waals surface area contributed by atoms with Gasteiger partial charge in [0.05, 0.1) is 12.6 Å². The van der Waals surface area contributed by atoms with Gasteiger partial charge < -0.3 is 9.67 Å². The van der Waals surface area contributed by atoms with Crippen LogP contribution in [0, 0.1) is 6.92 Å². The van der Waals surface area contributed by atoms with Crippen LogP contribution in [0.5, 0.6) is 0 Å². The monoisotopic (exact) mass is 329 g/mol. The SMILES string of the molecule is Cc1nnc(CN(C)[C@H]2CCN(C[C@@H](O)c3ccccc3)C2)n1C. The van der Waals surface area contributed by atoms with Crippen molar-refractivity contribution in [2.24, 2.45) is 7.05 Å². The number of hydrogen-bond donors (Lipinski definition) is 1. The molecule has 1 aliphatic heterocycles. The highest BCUT2D eigenvalue weighted by atomic mass is 16.3. The summed E-state index contributed by atoms with van der Waals surface area (Å²) in [5.41, 5.74) is 0.990. The number of aliphatic hydroxyl groups excluding tert-OH is 1. The van der Waals surface area contributed by atoms with Crippen molar-refractivity contribution in [2.45, 2.75) is 32.0 Å². The lowest BCUT2D eigenvalue weighted by Crippen LogP contribution is -2.35. The Morgan fingerprint density at radius 3 is 2.71 bits per heavy atom. The van der Waals surface area contributed by atoms with E-state index in [9.17, 15) is 5.11 Å². The molecule has 1 fully saturated rings. The Morgan fingerprint density at radius 1 is 1.29 bits per heavy atom. The van der Waals surface area contributed by atoms with Gasteiger partial charge in [0.2, 0.25) is 0 Å². The molecule has 0 aliphatic carbocycles. The molecule has 2 heterocycles. The van der Waals surface area contributed by atoms with E-state index in [1.54, 1.807) is 0 Å². The molecule has 24 heavy (non-hydrogen) atoms. The first-order valence-electron chi connectivity index (χ1n) is 8.55. The van der Waals surface area contributed by atoms with E-state index >= 15 is 0 Å². The number of nitrogens with zero attached hydrogens (tertiary/aromatic N) is 5.